The SMILES string of the molecule is CC(C)CNCc1cn(CCOC(F)(F)F)cn1. The molecule has 1 heterocycles. The van der Waals surface area contributed by atoms with Crippen molar-refractivity contribution in [1.82, 2.24) is 14.9 Å². The average Bonchev–Trinajstić information content (AvgIpc) is 2.63. The third-order valence-corrected chi connectivity index (χ3v) is 2.16. The van der Waals surface area contributed by atoms with E-state index >= 15 is 0 Å². The first kappa shape index (κ1) is 15.0. The topological polar surface area (TPSA) is 39.1 Å². The summed E-state index contributed by atoms with van der Waals surface area (Å²) in [5.41, 5.74) is 0.808. The molecule has 4 nitrogen and oxygen atoms in total. The van der Waals surface area contributed by atoms with Crippen LogP contribution in [0.3, 0.4) is 0 Å². The number of hydrogen-bond donors (Lipinski definition) is 1. The van der Waals surface area contributed by atoms with Gasteiger partial charge in [0.2, 0.25) is 0 Å². The molecule has 1 aromatic heterocycles. The lowest BCUT2D eigenvalue weighted by molar-refractivity contribution is -0.325. The molecule has 0 unspecified atom stereocenters. The zero-order valence-electron chi connectivity index (χ0n) is 10.5. The Bertz CT molecular complexity index is 350. The highest BCUT2D eigenvalue weighted by atomic mass is 19.4. The second-order valence-electron chi connectivity index (χ2n) is 4.42. The van der Waals surface area contributed by atoms with Crippen LogP contribution in [0, 0.1) is 5.92 Å². The molecule has 0 radical (unpaired) electrons. The van der Waals surface area contributed by atoms with Gasteiger partial charge in [-0.2, -0.15) is 0 Å². The van der Waals surface area contributed by atoms with Crippen molar-refractivity contribution in [3.05, 3.63) is 18.2 Å². The van der Waals surface area contributed by atoms with E-state index in [2.05, 4.69) is 28.9 Å². The van der Waals surface area contributed by atoms with Gasteiger partial charge in [-0.1, -0.05) is 13.8 Å². The molecule has 0 spiro atoms. The fourth-order valence-electron chi connectivity index (χ4n) is 1.38. The van der Waals surface area contributed by atoms with Crippen LogP contribution in [0.15, 0.2) is 12.5 Å². The van der Waals surface area contributed by atoms with Crippen LogP contribution >= 0.6 is 0 Å². The second-order valence-corrected chi connectivity index (χ2v) is 4.42. The smallest absolute Gasteiger partial charge is 0.335 e. The van der Waals surface area contributed by atoms with Gasteiger partial charge in [-0.25, -0.2) is 4.98 Å². The van der Waals surface area contributed by atoms with Gasteiger partial charge in [0.25, 0.3) is 0 Å². The molecule has 1 rings (SSSR count). The van der Waals surface area contributed by atoms with Gasteiger partial charge in [-0.3, -0.25) is 4.74 Å². The monoisotopic (exact) mass is 265 g/mol. The first-order valence-electron chi connectivity index (χ1n) is 5.79. The van der Waals surface area contributed by atoms with Crippen LogP contribution in [-0.4, -0.2) is 29.1 Å². The molecule has 0 aliphatic carbocycles. The van der Waals surface area contributed by atoms with E-state index in [-0.39, 0.29) is 6.54 Å². The third kappa shape index (κ3) is 6.61. The Balaban J connectivity index is 2.26. The number of hydrogen-bond acceptors (Lipinski definition) is 3. The molecule has 1 aromatic rings. The molecule has 7 heteroatoms. The van der Waals surface area contributed by atoms with Crippen LogP contribution < -0.4 is 5.32 Å². The van der Waals surface area contributed by atoms with Gasteiger partial charge in [0.15, 0.2) is 0 Å². The van der Waals surface area contributed by atoms with Crippen LogP contribution in [-0.2, 0) is 17.8 Å². The molecule has 0 saturated heterocycles. The number of nitrogens with zero attached hydrogens (tertiary/aromatic N) is 2. The largest absolute Gasteiger partial charge is 0.522 e. The van der Waals surface area contributed by atoms with Crippen molar-refractivity contribution in [2.45, 2.75) is 33.3 Å². The summed E-state index contributed by atoms with van der Waals surface area (Å²) in [6.07, 6.45) is -1.35. The van der Waals surface area contributed by atoms with E-state index in [0.29, 0.717) is 12.5 Å². The number of halogens is 3. The second kappa shape index (κ2) is 6.75. The summed E-state index contributed by atoms with van der Waals surface area (Å²) in [5, 5.41) is 3.21. The van der Waals surface area contributed by atoms with Crippen LogP contribution in [0.25, 0.3) is 0 Å². The molecule has 18 heavy (non-hydrogen) atoms. The van der Waals surface area contributed by atoms with Crippen molar-refractivity contribution >= 4 is 0 Å². The van der Waals surface area contributed by atoms with Crippen molar-refractivity contribution in [3.63, 3.8) is 0 Å². The van der Waals surface area contributed by atoms with Gasteiger partial charge in [0.1, 0.15) is 0 Å². The zero-order chi connectivity index (χ0) is 13.6. The summed E-state index contributed by atoms with van der Waals surface area (Å²) >= 11 is 0. The minimum atomic E-state index is -4.57. The van der Waals surface area contributed by atoms with Gasteiger partial charge in [-0.15, -0.1) is 13.2 Å². The Labute approximate surface area is 104 Å². The van der Waals surface area contributed by atoms with Crippen LogP contribution in [0.4, 0.5) is 13.2 Å². The van der Waals surface area contributed by atoms with Crippen molar-refractivity contribution in [1.29, 1.82) is 0 Å². The number of imidazole rings is 1. The summed E-state index contributed by atoms with van der Waals surface area (Å²) in [6, 6.07) is 0. The van der Waals surface area contributed by atoms with Gasteiger partial charge in [0.05, 0.1) is 18.6 Å². The lowest BCUT2D eigenvalue weighted by Crippen LogP contribution is -2.19. The highest BCUT2D eigenvalue weighted by molar-refractivity contribution is 4.96. The number of nitrogens with one attached hydrogen (secondary N) is 1. The number of ether oxygens (including phenoxy) is 1. The molecule has 0 aliphatic rings. The van der Waals surface area contributed by atoms with Gasteiger partial charge >= 0.3 is 6.36 Å². The minimum absolute atomic E-state index is 0.136. The van der Waals surface area contributed by atoms with Crippen molar-refractivity contribution in [3.8, 4) is 0 Å². The summed E-state index contributed by atoms with van der Waals surface area (Å²) < 4.78 is 40.5. The van der Waals surface area contributed by atoms with Crippen LogP contribution in [0.1, 0.15) is 19.5 Å². The first-order chi connectivity index (χ1) is 8.37. The molecule has 0 atom stereocenters. The number of aromatic nitrogens is 2. The van der Waals surface area contributed by atoms with Gasteiger partial charge in [-0.05, 0) is 12.5 Å². The van der Waals surface area contributed by atoms with Gasteiger partial charge < -0.3 is 9.88 Å². The Hall–Kier alpha value is -1.08. The fraction of sp³-hybridized carbons (Fsp3) is 0.727. The third-order valence-electron chi connectivity index (χ3n) is 2.16. The maximum absolute atomic E-state index is 11.7. The van der Waals surface area contributed by atoms with Crippen molar-refractivity contribution in [2.75, 3.05) is 13.2 Å². The standard InChI is InChI=1S/C11H18F3N3O/c1-9(2)5-15-6-10-7-17(8-16-10)3-4-18-11(12,13)14/h7-9,15H,3-6H2,1-2H3. The van der Waals surface area contributed by atoms with E-state index < -0.39 is 13.0 Å². The predicted molar refractivity (Wildman–Crippen MR) is 60.8 cm³/mol. The van der Waals surface area contributed by atoms with E-state index in [1.54, 1.807) is 10.8 Å². The van der Waals surface area contributed by atoms with E-state index in [4.69, 9.17) is 0 Å². The Morgan fingerprint density at radius 3 is 2.78 bits per heavy atom. The van der Waals surface area contributed by atoms with Gasteiger partial charge in [0, 0.05) is 19.3 Å². The van der Waals surface area contributed by atoms with Crippen molar-refractivity contribution < 1.29 is 17.9 Å². The molecule has 0 fully saturated rings. The highest BCUT2D eigenvalue weighted by Gasteiger charge is 2.28. The zero-order valence-corrected chi connectivity index (χ0v) is 10.5. The Morgan fingerprint density at radius 2 is 2.17 bits per heavy atom. The molecule has 0 aromatic carbocycles. The van der Waals surface area contributed by atoms with Crippen LogP contribution in [0.2, 0.25) is 0 Å². The number of alkyl halides is 3. The summed E-state index contributed by atoms with van der Waals surface area (Å²) in [7, 11) is 0. The number of rotatable bonds is 7. The summed E-state index contributed by atoms with van der Waals surface area (Å²) in [5.74, 6) is 0.548. The molecule has 104 valence electrons. The van der Waals surface area contributed by atoms with Crippen LogP contribution in [0.5, 0.6) is 0 Å². The molecule has 0 saturated carbocycles. The Morgan fingerprint density at radius 1 is 1.44 bits per heavy atom. The quantitative estimate of drug-likeness (QED) is 0.821. The lowest BCUT2D eigenvalue weighted by Gasteiger charge is -2.07. The minimum Gasteiger partial charge on any atom is -0.335 e. The fourth-order valence-corrected chi connectivity index (χ4v) is 1.38. The van der Waals surface area contributed by atoms with E-state index in [1.165, 1.54) is 6.33 Å². The lowest BCUT2D eigenvalue weighted by atomic mass is 10.2. The first-order valence-corrected chi connectivity index (χ1v) is 5.79. The Kier molecular flexibility index (Phi) is 5.61. The normalized spacial score (nSPS) is 12.3. The molecule has 0 bridgehead atoms. The molecule has 0 aliphatic heterocycles. The van der Waals surface area contributed by atoms with E-state index in [0.717, 1.165) is 12.2 Å². The molecule has 1 N–H and O–H groups in total. The maximum Gasteiger partial charge on any atom is 0.522 e. The van der Waals surface area contributed by atoms with E-state index in [1.807, 2.05) is 0 Å². The molecule has 0 amide bonds. The molecular weight excluding hydrogens is 247 g/mol. The van der Waals surface area contributed by atoms with Crippen molar-refractivity contribution in [2.24, 2.45) is 5.92 Å². The average molecular weight is 265 g/mol. The van der Waals surface area contributed by atoms with E-state index in [9.17, 15) is 13.2 Å². The maximum atomic E-state index is 11.7. The highest BCUT2D eigenvalue weighted by Crippen LogP contribution is 2.15. The summed E-state index contributed by atoms with van der Waals surface area (Å²) in [4.78, 5) is 4.09. The predicted octanol–water partition coefficient (Wildman–Crippen LogP) is 2.17. The molecular formula is C11H18F3N3O. The summed E-state index contributed by atoms with van der Waals surface area (Å²) in [6.45, 7) is 5.42.